The largest absolute Gasteiger partial charge is 0.396 e. The number of aryl methyl sites for hydroxylation is 1. The second kappa shape index (κ2) is 3.70. The predicted octanol–water partition coefficient (Wildman–Crippen LogP) is 1.22. The Balaban J connectivity index is 1.79. The number of aromatic nitrogens is 3. The number of aliphatic hydroxyl groups is 1. The number of rotatable bonds is 4. The SMILES string of the molecule is Cc1cccc2nc(NCC3(CO)CC3)nn12. The molecule has 3 rings (SSSR count). The van der Waals surface area contributed by atoms with Gasteiger partial charge in [0.1, 0.15) is 0 Å². The van der Waals surface area contributed by atoms with Crippen LogP contribution in [0, 0.1) is 12.3 Å². The highest BCUT2D eigenvalue weighted by Gasteiger charge is 2.41. The van der Waals surface area contributed by atoms with Crippen molar-refractivity contribution in [1.29, 1.82) is 0 Å². The first-order chi connectivity index (χ1) is 8.22. The van der Waals surface area contributed by atoms with Gasteiger partial charge in [0.05, 0.1) is 6.61 Å². The van der Waals surface area contributed by atoms with Gasteiger partial charge in [0, 0.05) is 17.7 Å². The minimum atomic E-state index is 0.0759. The van der Waals surface area contributed by atoms with Gasteiger partial charge in [-0.25, -0.2) is 4.52 Å². The molecule has 0 aromatic carbocycles. The average molecular weight is 232 g/mol. The summed E-state index contributed by atoms with van der Waals surface area (Å²) < 4.78 is 1.82. The van der Waals surface area contributed by atoms with Crippen LogP contribution in [0.2, 0.25) is 0 Å². The van der Waals surface area contributed by atoms with E-state index in [2.05, 4.69) is 15.4 Å². The first kappa shape index (κ1) is 10.5. The van der Waals surface area contributed by atoms with Gasteiger partial charge in [-0.2, -0.15) is 4.98 Å². The van der Waals surface area contributed by atoms with Crippen LogP contribution in [-0.4, -0.2) is 32.9 Å². The van der Waals surface area contributed by atoms with Crippen molar-refractivity contribution in [3.8, 4) is 0 Å². The lowest BCUT2D eigenvalue weighted by Crippen LogP contribution is -2.19. The van der Waals surface area contributed by atoms with Crippen LogP contribution >= 0.6 is 0 Å². The Morgan fingerprint density at radius 2 is 2.29 bits per heavy atom. The Hall–Kier alpha value is -1.62. The Morgan fingerprint density at radius 3 is 2.94 bits per heavy atom. The summed E-state index contributed by atoms with van der Waals surface area (Å²) >= 11 is 0. The fraction of sp³-hybridized carbons (Fsp3) is 0.500. The van der Waals surface area contributed by atoms with E-state index in [1.54, 1.807) is 0 Å². The normalized spacial score (nSPS) is 17.3. The maximum Gasteiger partial charge on any atom is 0.243 e. The highest BCUT2D eigenvalue weighted by molar-refractivity contribution is 5.44. The summed E-state index contributed by atoms with van der Waals surface area (Å²) in [5.41, 5.74) is 1.99. The zero-order valence-corrected chi connectivity index (χ0v) is 9.85. The molecule has 0 bridgehead atoms. The molecule has 0 radical (unpaired) electrons. The molecular formula is C12H16N4O. The first-order valence-electron chi connectivity index (χ1n) is 5.90. The van der Waals surface area contributed by atoms with E-state index in [-0.39, 0.29) is 12.0 Å². The third-order valence-corrected chi connectivity index (χ3v) is 3.46. The van der Waals surface area contributed by atoms with Gasteiger partial charge in [-0.1, -0.05) is 6.07 Å². The molecule has 1 aliphatic rings. The van der Waals surface area contributed by atoms with Crippen molar-refractivity contribution in [1.82, 2.24) is 14.6 Å². The maximum absolute atomic E-state index is 9.23. The summed E-state index contributed by atoms with van der Waals surface area (Å²) in [5.74, 6) is 0.638. The number of hydrogen-bond acceptors (Lipinski definition) is 4. The monoisotopic (exact) mass is 232 g/mol. The van der Waals surface area contributed by atoms with Gasteiger partial charge < -0.3 is 10.4 Å². The maximum atomic E-state index is 9.23. The molecule has 2 aromatic heterocycles. The summed E-state index contributed by atoms with van der Waals surface area (Å²) in [4.78, 5) is 4.40. The van der Waals surface area contributed by atoms with Crippen molar-refractivity contribution in [2.45, 2.75) is 19.8 Å². The van der Waals surface area contributed by atoms with Crippen LogP contribution in [0.3, 0.4) is 0 Å². The first-order valence-corrected chi connectivity index (χ1v) is 5.90. The lowest BCUT2D eigenvalue weighted by Gasteiger charge is -2.10. The molecule has 2 N–H and O–H groups in total. The van der Waals surface area contributed by atoms with Crippen LogP contribution < -0.4 is 5.32 Å². The number of hydrogen-bond donors (Lipinski definition) is 2. The second-order valence-electron chi connectivity index (χ2n) is 4.88. The minimum absolute atomic E-state index is 0.0759. The number of pyridine rings is 1. The number of fused-ring (bicyclic) bond motifs is 1. The van der Waals surface area contributed by atoms with Gasteiger partial charge in [0.2, 0.25) is 5.95 Å². The molecule has 0 aliphatic heterocycles. The Bertz CT molecular complexity index is 544. The predicted molar refractivity (Wildman–Crippen MR) is 65.0 cm³/mol. The van der Waals surface area contributed by atoms with Crippen molar-refractivity contribution in [3.63, 3.8) is 0 Å². The summed E-state index contributed by atoms with van der Waals surface area (Å²) in [6.07, 6.45) is 2.17. The third-order valence-electron chi connectivity index (χ3n) is 3.46. The molecule has 1 saturated carbocycles. The molecule has 5 heteroatoms. The molecule has 0 saturated heterocycles. The summed E-state index contributed by atoms with van der Waals surface area (Å²) in [6, 6.07) is 5.91. The van der Waals surface area contributed by atoms with Crippen LogP contribution in [0.25, 0.3) is 5.65 Å². The standard InChI is InChI=1S/C12H16N4O/c1-9-3-2-4-10-14-11(15-16(9)10)13-7-12(8-17)5-6-12/h2-4,17H,5-8H2,1H3,(H,13,15). The molecule has 2 heterocycles. The number of nitrogens with one attached hydrogen (secondary N) is 1. The average Bonchev–Trinajstić information content (AvgIpc) is 3.00. The zero-order valence-electron chi connectivity index (χ0n) is 9.85. The van der Waals surface area contributed by atoms with Crippen LogP contribution in [0.1, 0.15) is 18.5 Å². The second-order valence-corrected chi connectivity index (χ2v) is 4.88. The highest BCUT2D eigenvalue weighted by atomic mass is 16.3. The van der Waals surface area contributed by atoms with Crippen molar-refractivity contribution in [3.05, 3.63) is 23.9 Å². The van der Waals surface area contributed by atoms with Crippen molar-refractivity contribution < 1.29 is 5.11 Å². The lowest BCUT2D eigenvalue weighted by molar-refractivity contribution is 0.219. The molecule has 0 spiro atoms. The Morgan fingerprint density at radius 1 is 1.47 bits per heavy atom. The molecule has 0 unspecified atom stereocenters. The number of aliphatic hydroxyl groups excluding tert-OH is 1. The summed E-state index contributed by atoms with van der Waals surface area (Å²) in [7, 11) is 0. The van der Waals surface area contributed by atoms with E-state index >= 15 is 0 Å². The van der Waals surface area contributed by atoms with Crippen molar-refractivity contribution in [2.75, 3.05) is 18.5 Å². The van der Waals surface area contributed by atoms with Gasteiger partial charge >= 0.3 is 0 Å². The van der Waals surface area contributed by atoms with Crippen LogP contribution in [0.15, 0.2) is 18.2 Å². The van der Waals surface area contributed by atoms with Gasteiger partial charge in [0.15, 0.2) is 5.65 Å². The van der Waals surface area contributed by atoms with E-state index in [4.69, 9.17) is 0 Å². The molecule has 90 valence electrons. The molecule has 1 aliphatic carbocycles. The summed E-state index contributed by atoms with van der Waals surface area (Å²) in [5, 5.41) is 16.8. The molecule has 0 atom stereocenters. The Labute approximate surface area is 99.5 Å². The van der Waals surface area contributed by atoms with E-state index in [1.807, 2.05) is 29.6 Å². The van der Waals surface area contributed by atoms with Gasteiger partial charge in [-0.15, -0.1) is 5.10 Å². The van der Waals surface area contributed by atoms with Crippen LogP contribution in [0.5, 0.6) is 0 Å². The minimum Gasteiger partial charge on any atom is -0.396 e. The third kappa shape index (κ3) is 1.86. The molecule has 2 aromatic rings. The van der Waals surface area contributed by atoms with E-state index in [0.717, 1.165) is 30.7 Å². The van der Waals surface area contributed by atoms with Gasteiger partial charge in [-0.3, -0.25) is 0 Å². The lowest BCUT2D eigenvalue weighted by atomic mass is 10.1. The molecule has 0 amide bonds. The zero-order chi connectivity index (χ0) is 11.9. The van der Waals surface area contributed by atoms with E-state index < -0.39 is 0 Å². The molecule has 1 fully saturated rings. The Kier molecular flexibility index (Phi) is 2.29. The van der Waals surface area contributed by atoms with E-state index in [9.17, 15) is 5.11 Å². The number of nitrogens with zero attached hydrogens (tertiary/aromatic N) is 3. The van der Waals surface area contributed by atoms with Crippen LogP contribution in [0.4, 0.5) is 5.95 Å². The van der Waals surface area contributed by atoms with E-state index in [1.165, 1.54) is 0 Å². The highest BCUT2D eigenvalue weighted by Crippen LogP contribution is 2.44. The molecule has 17 heavy (non-hydrogen) atoms. The van der Waals surface area contributed by atoms with Crippen molar-refractivity contribution >= 4 is 11.6 Å². The number of anilines is 1. The van der Waals surface area contributed by atoms with Gasteiger partial charge in [-0.05, 0) is 31.9 Å². The molecule has 5 nitrogen and oxygen atoms in total. The summed E-state index contributed by atoms with van der Waals surface area (Å²) in [6.45, 7) is 2.99. The van der Waals surface area contributed by atoms with Gasteiger partial charge in [0.25, 0.3) is 0 Å². The van der Waals surface area contributed by atoms with Crippen molar-refractivity contribution in [2.24, 2.45) is 5.41 Å². The fourth-order valence-electron chi connectivity index (χ4n) is 1.94. The fourth-order valence-corrected chi connectivity index (χ4v) is 1.94. The topological polar surface area (TPSA) is 62.5 Å². The smallest absolute Gasteiger partial charge is 0.243 e. The van der Waals surface area contributed by atoms with E-state index in [0.29, 0.717) is 5.95 Å². The van der Waals surface area contributed by atoms with Crippen LogP contribution in [-0.2, 0) is 0 Å². The quantitative estimate of drug-likeness (QED) is 0.832. The molecular weight excluding hydrogens is 216 g/mol.